The second-order valence-corrected chi connectivity index (χ2v) is 4.57. The van der Waals surface area contributed by atoms with Gasteiger partial charge in [-0.2, -0.15) is 0 Å². The number of hydrogen-bond acceptors (Lipinski definition) is 4. The molecule has 94 valence electrons. The van der Waals surface area contributed by atoms with Gasteiger partial charge in [0.1, 0.15) is 5.82 Å². The van der Waals surface area contributed by atoms with Gasteiger partial charge in [-0.3, -0.25) is 0 Å². The van der Waals surface area contributed by atoms with E-state index in [1.807, 2.05) is 13.8 Å². The van der Waals surface area contributed by atoms with Crippen molar-refractivity contribution in [2.75, 3.05) is 5.43 Å². The lowest BCUT2D eigenvalue weighted by Gasteiger charge is -2.11. The van der Waals surface area contributed by atoms with Crippen molar-refractivity contribution < 1.29 is 0 Å². The normalized spacial score (nSPS) is 10.5. The topological polar surface area (TPSA) is 63.8 Å². The number of benzene rings is 1. The van der Waals surface area contributed by atoms with Gasteiger partial charge in [0.2, 0.25) is 0 Å². The third kappa shape index (κ3) is 2.19. The minimum atomic E-state index is 0.679. The van der Waals surface area contributed by atoms with Crippen molar-refractivity contribution in [3.05, 3.63) is 40.6 Å². The quantitative estimate of drug-likeness (QED) is 0.627. The molecule has 0 unspecified atom stereocenters. The number of nitrogens with one attached hydrogen (secondary N) is 1. The summed E-state index contributed by atoms with van der Waals surface area (Å²) in [4.78, 5) is 9.02. The molecule has 0 atom stereocenters. The van der Waals surface area contributed by atoms with Crippen LogP contribution in [-0.4, -0.2) is 9.97 Å². The first kappa shape index (κ1) is 12.5. The molecule has 0 saturated heterocycles. The van der Waals surface area contributed by atoms with Crippen molar-refractivity contribution in [2.24, 2.45) is 5.84 Å². The molecule has 0 spiro atoms. The highest BCUT2D eigenvalue weighted by Gasteiger charge is 2.10. The number of anilines is 1. The Bertz CT molecular complexity index is 591. The van der Waals surface area contributed by atoms with E-state index in [0.717, 1.165) is 22.4 Å². The Balaban J connectivity index is 2.64. The molecule has 0 amide bonds. The van der Waals surface area contributed by atoms with Gasteiger partial charge in [0, 0.05) is 16.8 Å². The van der Waals surface area contributed by atoms with E-state index in [2.05, 4.69) is 47.4 Å². The number of aromatic nitrogens is 2. The van der Waals surface area contributed by atoms with Gasteiger partial charge in [0.15, 0.2) is 5.82 Å². The summed E-state index contributed by atoms with van der Waals surface area (Å²) in [6.07, 6.45) is 0. The minimum Gasteiger partial charge on any atom is -0.308 e. The summed E-state index contributed by atoms with van der Waals surface area (Å²) in [6.45, 7) is 8.04. The molecule has 1 aromatic heterocycles. The zero-order valence-corrected chi connectivity index (χ0v) is 11.2. The Labute approximate surface area is 107 Å². The second-order valence-electron chi connectivity index (χ2n) is 4.57. The lowest BCUT2D eigenvalue weighted by atomic mass is 10.0. The number of rotatable bonds is 2. The molecule has 1 aromatic carbocycles. The van der Waals surface area contributed by atoms with Gasteiger partial charge in [0.05, 0.1) is 0 Å². The molecule has 1 heterocycles. The van der Waals surface area contributed by atoms with Crippen molar-refractivity contribution >= 4 is 5.82 Å². The van der Waals surface area contributed by atoms with Gasteiger partial charge in [-0.15, -0.1) is 0 Å². The van der Waals surface area contributed by atoms with Crippen LogP contribution in [0.4, 0.5) is 5.82 Å². The first-order valence-corrected chi connectivity index (χ1v) is 5.92. The fraction of sp³-hybridized carbons (Fsp3) is 0.286. The molecule has 0 aliphatic heterocycles. The van der Waals surface area contributed by atoms with E-state index in [4.69, 9.17) is 5.84 Å². The van der Waals surface area contributed by atoms with Crippen LogP contribution in [0.15, 0.2) is 18.2 Å². The van der Waals surface area contributed by atoms with E-state index in [1.165, 1.54) is 5.56 Å². The van der Waals surface area contributed by atoms with Crippen molar-refractivity contribution in [3.63, 3.8) is 0 Å². The highest BCUT2D eigenvalue weighted by atomic mass is 15.3. The van der Waals surface area contributed by atoms with Gasteiger partial charge in [-0.1, -0.05) is 17.7 Å². The third-order valence-electron chi connectivity index (χ3n) is 3.16. The van der Waals surface area contributed by atoms with Crippen molar-refractivity contribution in [3.8, 4) is 11.4 Å². The lowest BCUT2D eigenvalue weighted by Crippen LogP contribution is -2.12. The van der Waals surface area contributed by atoms with Crippen LogP contribution < -0.4 is 11.3 Å². The van der Waals surface area contributed by atoms with Gasteiger partial charge >= 0.3 is 0 Å². The molecule has 4 heteroatoms. The van der Waals surface area contributed by atoms with Gasteiger partial charge in [0.25, 0.3) is 0 Å². The molecule has 3 N–H and O–H groups in total. The maximum atomic E-state index is 5.49. The summed E-state index contributed by atoms with van der Waals surface area (Å²) in [5.41, 5.74) is 7.95. The van der Waals surface area contributed by atoms with Crippen molar-refractivity contribution in [2.45, 2.75) is 27.7 Å². The molecule has 0 fully saturated rings. The van der Waals surface area contributed by atoms with Crippen LogP contribution in [0, 0.1) is 27.7 Å². The van der Waals surface area contributed by atoms with Crippen LogP contribution >= 0.6 is 0 Å². The van der Waals surface area contributed by atoms with Crippen molar-refractivity contribution in [1.82, 2.24) is 9.97 Å². The van der Waals surface area contributed by atoms with Gasteiger partial charge in [-0.25, -0.2) is 15.8 Å². The minimum absolute atomic E-state index is 0.679. The smallest absolute Gasteiger partial charge is 0.162 e. The summed E-state index contributed by atoms with van der Waals surface area (Å²) in [5.74, 6) is 6.89. The fourth-order valence-electron chi connectivity index (χ4n) is 1.87. The molecule has 2 rings (SSSR count). The number of hydrogen-bond donors (Lipinski definition) is 2. The molecule has 0 saturated carbocycles. The molecule has 0 bridgehead atoms. The van der Waals surface area contributed by atoms with E-state index < -0.39 is 0 Å². The molecule has 0 aliphatic rings. The number of aryl methyl sites for hydroxylation is 3. The summed E-state index contributed by atoms with van der Waals surface area (Å²) in [5, 5.41) is 0. The number of nitrogens with zero attached hydrogens (tertiary/aromatic N) is 2. The van der Waals surface area contributed by atoms with E-state index in [0.29, 0.717) is 11.6 Å². The van der Waals surface area contributed by atoms with E-state index in [1.54, 1.807) is 0 Å². The summed E-state index contributed by atoms with van der Waals surface area (Å²) in [7, 11) is 0. The monoisotopic (exact) mass is 242 g/mol. The second kappa shape index (κ2) is 4.74. The highest BCUT2D eigenvalue weighted by Crippen LogP contribution is 2.24. The van der Waals surface area contributed by atoms with E-state index >= 15 is 0 Å². The predicted octanol–water partition coefficient (Wildman–Crippen LogP) is 2.66. The third-order valence-corrected chi connectivity index (χ3v) is 3.16. The predicted molar refractivity (Wildman–Crippen MR) is 74.2 cm³/mol. The maximum absolute atomic E-state index is 5.49. The molecular weight excluding hydrogens is 224 g/mol. The van der Waals surface area contributed by atoms with E-state index in [9.17, 15) is 0 Å². The molecule has 2 aromatic rings. The molecule has 0 radical (unpaired) electrons. The molecule has 4 nitrogen and oxygen atoms in total. The lowest BCUT2D eigenvalue weighted by molar-refractivity contribution is 1.05. The first-order valence-electron chi connectivity index (χ1n) is 5.92. The Morgan fingerprint density at radius 3 is 2.44 bits per heavy atom. The summed E-state index contributed by atoms with van der Waals surface area (Å²) >= 11 is 0. The molecule has 18 heavy (non-hydrogen) atoms. The largest absolute Gasteiger partial charge is 0.308 e. The van der Waals surface area contributed by atoms with Gasteiger partial charge in [-0.05, 0) is 39.3 Å². The Hall–Kier alpha value is -1.94. The standard InChI is InChI=1S/C14H18N4/c1-8-5-6-9(2)12(7-8)14-16-11(4)10(3)13(17-14)18-15/h5-7H,15H2,1-4H3,(H,16,17,18). The Kier molecular flexibility index (Phi) is 3.30. The summed E-state index contributed by atoms with van der Waals surface area (Å²) in [6, 6.07) is 6.26. The fourth-order valence-corrected chi connectivity index (χ4v) is 1.87. The van der Waals surface area contributed by atoms with Crippen LogP contribution in [-0.2, 0) is 0 Å². The number of hydrazine groups is 1. The van der Waals surface area contributed by atoms with E-state index in [-0.39, 0.29) is 0 Å². The van der Waals surface area contributed by atoms with Crippen LogP contribution in [0.1, 0.15) is 22.4 Å². The van der Waals surface area contributed by atoms with Gasteiger partial charge < -0.3 is 5.43 Å². The number of nitrogens with two attached hydrogens (primary N) is 1. The summed E-state index contributed by atoms with van der Waals surface area (Å²) < 4.78 is 0. The zero-order chi connectivity index (χ0) is 13.3. The average molecular weight is 242 g/mol. The molecular formula is C14H18N4. The van der Waals surface area contributed by atoms with Crippen LogP contribution in [0.3, 0.4) is 0 Å². The van der Waals surface area contributed by atoms with Crippen LogP contribution in [0.2, 0.25) is 0 Å². The van der Waals surface area contributed by atoms with Crippen LogP contribution in [0.5, 0.6) is 0 Å². The SMILES string of the molecule is Cc1ccc(C)c(-c2nc(C)c(C)c(NN)n2)c1. The highest BCUT2D eigenvalue weighted by molar-refractivity contribution is 5.63. The first-order chi connectivity index (χ1) is 8.52. The maximum Gasteiger partial charge on any atom is 0.162 e. The van der Waals surface area contributed by atoms with Crippen molar-refractivity contribution in [1.29, 1.82) is 0 Å². The van der Waals surface area contributed by atoms with Crippen LogP contribution in [0.25, 0.3) is 11.4 Å². The molecule has 0 aliphatic carbocycles. The number of nitrogen functional groups attached to an aromatic ring is 1. The zero-order valence-electron chi connectivity index (χ0n) is 11.2. The average Bonchev–Trinajstić information content (AvgIpc) is 2.35. The Morgan fingerprint density at radius 2 is 1.78 bits per heavy atom. The Morgan fingerprint density at radius 1 is 1.06 bits per heavy atom.